The molecule has 0 saturated heterocycles. The number of aryl methyl sites for hydroxylation is 2. The SMILES string of the molecule is Cc1cc(C)c2c(c1C)NC(C)C2(C)C. The highest BCUT2D eigenvalue weighted by molar-refractivity contribution is 5.69. The van der Waals surface area contributed by atoms with Gasteiger partial charge >= 0.3 is 0 Å². The molecule has 82 valence electrons. The van der Waals surface area contributed by atoms with Crippen LogP contribution in [-0.2, 0) is 5.41 Å². The second-order valence-electron chi connectivity index (χ2n) is 5.47. The van der Waals surface area contributed by atoms with Crippen molar-refractivity contribution in [1.29, 1.82) is 0 Å². The van der Waals surface area contributed by atoms with Crippen LogP contribution in [0.5, 0.6) is 0 Å². The van der Waals surface area contributed by atoms with Crippen molar-refractivity contribution < 1.29 is 0 Å². The van der Waals surface area contributed by atoms with Gasteiger partial charge in [-0.15, -0.1) is 0 Å². The molecule has 1 nitrogen and oxygen atoms in total. The lowest BCUT2D eigenvalue weighted by molar-refractivity contribution is 0.484. The number of hydrogen-bond donors (Lipinski definition) is 1. The maximum atomic E-state index is 3.64. The number of fused-ring (bicyclic) bond motifs is 1. The second kappa shape index (κ2) is 3.01. The van der Waals surface area contributed by atoms with Crippen molar-refractivity contribution in [1.82, 2.24) is 0 Å². The number of nitrogens with one attached hydrogen (secondary N) is 1. The number of rotatable bonds is 0. The van der Waals surface area contributed by atoms with Crippen LogP contribution in [0.15, 0.2) is 6.07 Å². The third-order valence-electron chi connectivity index (χ3n) is 4.13. The molecule has 0 aliphatic carbocycles. The fourth-order valence-corrected chi connectivity index (χ4v) is 2.71. The van der Waals surface area contributed by atoms with Crippen LogP contribution < -0.4 is 5.32 Å². The van der Waals surface area contributed by atoms with Crippen molar-refractivity contribution >= 4 is 5.69 Å². The van der Waals surface area contributed by atoms with Crippen molar-refractivity contribution in [3.05, 3.63) is 28.3 Å². The molecular formula is C14H21N. The molecule has 0 radical (unpaired) electrons. The van der Waals surface area contributed by atoms with E-state index in [0.29, 0.717) is 6.04 Å². The Bertz CT molecular complexity index is 416. The van der Waals surface area contributed by atoms with Crippen LogP contribution in [0.25, 0.3) is 0 Å². The lowest BCUT2D eigenvalue weighted by atomic mass is 9.78. The van der Waals surface area contributed by atoms with Gasteiger partial charge in [-0.1, -0.05) is 19.9 Å². The van der Waals surface area contributed by atoms with Gasteiger partial charge in [0.05, 0.1) is 0 Å². The van der Waals surface area contributed by atoms with Crippen molar-refractivity contribution in [2.24, 2.45) is 0 Å². The maximum absolute atomic E-state index is 3.64. The fourth-order valence-electron chi connectivity index (χ4n) is 2.71. The van der Waals surface area contributed by atoms with E-state index in [-0.39, 0.29) is 5.41 Å². The molecule has 1 heterocycles. The van der Waals surface area contributed by atoms with Gasteiger partial charge in [0.2, 0.25) is 0 Å². The lowest BCUT2D eigenvalue weighted by Crippen LogP contribution is -2.30. The summed E-state index contributed by atoms with van der Waals surface area (Å²) in [6.45, 7) is 13.6. The van der Waals surface area contributed by atoms with Gasteiger partial charge in [0.1, 0.15) is 0 Å². The zero-order chi connectivity index (χ0) is 11.4. The molecule has 1 N–H and O–H groups in total. The van der Waals surface area contributed by atoms with E-state index in [1.807, 2.05) is 0 Å². The lowest BCUT2D eigenvalue weighted by Gasteiger charge is -2.25. The Kier molecular flexibility index (Phi) is 2.11. The molecule has 1 heteroatoms. The van der Waals surface area contributed by atoms with Gasteiger partial charge in [-0.25, -0.2) is 0 Å². The van der Waals surface area contributed by atoms with Crippen LogP contribution in [0.4, 0.5) is 5.69 Å². The normalized spacial score (nSPS) is 22.4. The van der Waals surface area contributed by atoms with Gasteiger partial charge < -0.3 is 5.32 Å². The van der Waals surface area contributed by atoms with E-state index in [1.165, 1.54) is 27.9 Å². The number of anilines is 1. The molecule has 2 rings (SSSR count). The molecule has 1 aliphatic heterocycles. The highest BCUT2D eigenvalue weighted by atomic mass is 15.0. The van der Waals surface area contributed by atoms with Crippen LogP contribution in [-0.4, -0.2) is 6.04 Å². The molecule has 1 aliphatic rings. The molecular weight excluding hydrogens is 182 g/mol. The second-order valence-corrected chi connectivity index (χ2v) is 5.47. The van der Waals surface area contributed by atoms with E-state index in [2.05, 4.69) is 52.9 Å². The first-order valence-electron chi connectivity index (χ1n) is 5.73. The Hall–Kier alpha value is -0.980. The van der Waals surface area contributed by atoms with Crippen LogP contribution in [0.1, 0.15) is 43.0 Å². The summed E-state index contributed by atoms with van der Waals surface area (Å²) in [4.78, 5) is 0. The molecule has 0 saturated carbocycles. The topological polar surface area (TPSA) is 12.0 Å². The Balaban J connectivity index is 2.74. The van der Waals surface area contributed by atoms with Crippen LogP contribution in [0.3, 0.4) is 0 Å². The number of hydrogen-bond acceptors (Lipinski definition) is 1. The molecule has 0 amide bonds. The molecule has 0 bridgehead atoms. The molecule has 0 fully saturated rings. The summed E-state index contributed by atoms with van der Waals surface area (Å²) in [5.74, 6) is 0. The first-order valence-corrected chi connectivity index (χ1v) is 5.73. The quantitative estimate of drug-likeness (QED) is 0.678. The minimum atomic E-state index is 0.248. The fraction of sp³-hybridized carbons (Fsp3) is 0.571. The Morgan fingerprint density at radius 1 is 1.13 bits per heavy atom. The standard InChI is InChI=1S/C14H21N/c1-8-7-9(2)12-13(10(8)3)15-11(4)14(12,5)6/h7,11,15H,1-6H3. The van der Waals surface area contributed by atoms with E-state index in [9.17, 15) is 0 Å². The molecule has 1 atom stereocenters. The van der Waals surface area contributed by atoms with Crippen molar-refractivity contribution in [2.45, 2.75) is 53.0 Å². The zero-order valence-corrected chi connectivity index (χ0v) is 10.7. The van der Waals surface area contributed by atoms with Crippen molar-refractivity contribution in [3.63, 3.8) is 0 Å². The van der Waals surface area contributed by atoms with Crippen LogP contribution in [0.2, 0.25) is 0 Å². The Morgan fingerprint density at radius 2 is 1.73 bits per heavy atom. The third kappa shape index (κ3) is 1.29. The summed E-state index contributed by atoms with van der Waals surface area (Å²) in [7, 11) is 0. The largest absolute Gasteiger partial charge is 0.381 e. The predicted molar refractivity (Wildman–Crippen MR) is 66.8 cm³/mol. The summed E-state index contributed by atoms with van der Waals surface area (Å²) in [5.41, 5.74) is 7.37. The Morgan fingerprint density at radius 3 is 2.33 bits per heavy atom. The average molecular weight is 203 g/mol. The van der Waals surface area contributed by atoms with E-state index in [1.54, 1.807) is 0 Å². The van der Waals surface area contributed by atoms with Gasteiger partial charge in [0.15, 0.2) is 0 Å². The van der Waals surface area contributed by atoms with Gasteiger partial charge in [-0.05, 0) is 49.9 Å². The first-order chi connectivity index (χ1) is 6.85. The number of benzene rings is 1. The molecule has 15 heavy (non-hydrogen) atoms. The van der Waals surface area contributed by atoms with E-state index >= 15 is 0 Å². The maximum Gasteiger partial charge on any atom is 0.0416 e. The van der Waals surface area contributed by atoms with Crippen molar-refractivity contribution in [3.8, 4) is 0 Å². The summed E-state index contributed by atoms with van der Waals surface area (Å²) in [5, 5.41) is 3.64. The minimum absolute atomic E-state index is 0.248. The van der Waals surface area contributed by atoms with Gasteiger partial charge in [0.25, 0.3) is 0 Å². The molecule has 1 aromatic rings. The molecule has 0 aromatic heterocycles. The molecule has 1 aromatic carbocycles. The van der Waals surface area contributed by atoms with Crippen LogP contribution in [0, 0.1) is 20.8 Å². The van der Waals surface area contributed by atoms with Gasteiger partial charge in [-0.3, -0.25) is 0 Å². The van der Waals surface area contributed by atoms with Gasteiger partial charge in [-0.2, -0.15) is 0 Å². The highest BCUT2D eigenvalue weighted by Crippen LogP contribution is 2.44. The third-order valence-corrected chi connectivity index (χ3v) is 4.13. The monoisotopic (exact) mass is 203 g/mol. The minimum Gasteiger partial charge on any atom is -0.381 e. The van der Waals surface area contributed by atoms with Gasteiger partial charge in [0, 0.05) is 17.1 Å². The summed E-state index contributed by atoms with van der Waals surface area (Å²) in [6.07, 6.45) is 0. The van der Waals surface area contributed by atoms with Crippen LogP contribution >= 0.6 is 0 Å². The van der Waals surface area contributed by atoms with E-state index in [0.717, 1.165) is 0 Å². The summed E-state index contributed by atoms with van der Waals surface area (Å²) >= 11 is 0. The first kappa shape index (κ1) is 10.5. The van der Waals surface area contributed by atoms with E-state index in [4.69, 9.17) is 0 Å². The highest BCUT2D eigenvalue weighted by Gasteiger charge is 2.38. The predicted octanol–water partition coefficient (Wildman–Crippen LogP) is 3.70. The average Bonchev–Trinajstić information content (AvgIpc) is 2.35. The smallest absolute Gasteiger partial charge is 0.0416 e. The summed E-state index contributed by atoms with van der Waals surface area (Å²) in [6, 6.07) is 2.84. The Labute approximate surface area is 92.9 Å². The zero-order valence-electron chi connectivity index (χ0n) is 10.7. The molecule has 0 spiro atoms. The summed E-state index contributed by atoms with van der Waals surface area (Å²) < 4.78 is 0. The van der Waals surface area contributed by atoms with Crippen molar-refractivity contribution in [2.75, 3.05) is 5.32 Å². The molecule has 1 unspecified atom stereocenters. The van der Waals surface area contributed by atoms with E-state index < -0.39 is 0 Å².